The van der Waals surface area contributed by atoms with Gasteiger partial charge in [0.05, 0.1) is 6.61 Å². The molecule has 3 heteroatoms. The van der Waals surface area contributed by atoms with Crippen LogP contribution in [0.5, 0.6) is 0 Å². The molecule has 3 nitrogen and oxygen atoms in total. The summed E-state index contributed by atoms with van der Waals surface area (Å²) in [6.07, 6.45) is 5.23. The lowest BCUT2D eigenvalue weighted by molar-refractivity contribution is 0.0138. The highest BCUT2D eigenvalue weighted by Gasteiger charge is 2.34. The molecule has 1 saturated carbocycles. The summed E-state index contributed by atoms with van der Waals surface area (Å²) in [6.45, 7) is 12.4. The van der Waals surface area contributed by atoms with Crippen molar-refractivity contribution in [3.63, 3.8) is 0 Å². The first-order chi connectivity index (χ1) is 9.20. The highest BCUT2D eigenvalue weighted by Crippen LogP contribution is 2.29. The predicted molar refractivity (Wildman–Crippen MR) is 80.4 cm³/mol. The molecule has 0 spiro atoms. The second kappa shape index (κ2) is 7.61. The summed E-state index contributed by atoms with van der Waals surface area (Å²) in [4.78, 5) is 2.73. The van der Waals surface area contributed by atoms with Crippen LogP contribution in [0.2, 0.25) is 0 Å². The molecule has 1 N–H and O–H groups in total. The van der Waals surface area contributed by atoms with E-state index in [1.54, 1.807) is 0 Å². The van der Waals surface area contributed by atoms with Crippen LogP contribution >= 0.6 is 0 Å². The maximum absolute atomic E-state index is 5.73. The predicted octanol–water partition coefficient (Wildman–Crippen LogP) is 2.51. The Kier molecular flexibility index (Phi) is 6.11. The molecule has 1 heterocycles. The fraction of sp³-hybridized carbons (Fsp3) is 1.00. The molecule has 0 bridgehead atoms. The number of hydrogen-bond donors (Lipinski definition) is 1. The van der Waals surface area contributed by atoms with Crippen molar-refractivity contribution in [2.24, 2.45) is 11.8 Å². The molecule has 2 fully saturated rings. The molecule has 0 radical (unpaired) electrons. The van der Waals surface area contributed by atoms with E-state index in [0.29, 0.717) is 12.0 Å². The lowest BCUT2D eigenvalue weighted by atomic mass is 9.94. The Labute approximate surface area is 119 Å². The van der Waals surface area contributed by atoms with Gasteiger partial charge in [-0.25, -0.2) is 0 Å². The van der Waals surface area contributed by atoms with E-state index in [2.05, 4.69) is 31.0 Å². The standard InChI is InChI=1S/C16H32N2O/c1-4-8-17-16-7-9-19-12-14(16)11-18(10-13(2)3)15-5-6-15/h13-17H,4-12H2,1-3H3. The van der Waals surface area contributed by atoms with Crippen LogP contribution in [0.25, 0.3) is 0 Å². The van der Waals surface area contributed by atoms with Crippen LogP contribution in [0.3, 0.4) is 0 Å². The first-order valence-corrected chi connectivity index (χ1v) is 8.25. The fourth-order valence-electron chi connectivity index (χ4n) is 3.16. The van der Waals surface area contributed by atoms with Crippen molar-refractivity contribution in [2.75, 3.05) is 32.8 Å². The molecule has 2 atom stereocenters. The van der Waals surface area contributed by atoms with Gasteiger partial charge in [0, 0.05) is 37.7 Å². The molecule has 1 aliphatic heterocycles. The van der Waals surface area contributed by atoms with Gasteiger partial charge in [0.25, 0.3) is 0 Å². The van der Waals surface area contributed by atoms with Crippen molar-refractivity contribution in [3.05, 3.63) is 0 Å². The molecule has 1 saturated heterocycles. The number of hydrogen-bond acceptors (Lipinski definition) is 3. The van der Waals surface area contributed by atoms with Crippen LogP contribution in [0.4, 0.5) is 0 Å². The van der Waals surface area contributed by atoms with Gasteiger partial charge in [-0.3, -0.25) is 4.90 Å². The lowest BCUT2D eigenvalue weighted by Gasteiger charge is -2.36. The Bertz CT molecular complexity index is 253. The van der Waals surface area contributed by atoms with E-state index in [1.807, 2.05) is 0 Å². The Morgan fingerprint density at radius 1 is 1.26 bits per heavy atom. The molecular weight excluding hydrogens is 236 g/mol. The Balaban J connectivity index is 1.85. The third-order valence-electron chi connectivity index (χ3n) is 4.26. The van der Waals surface area contributed by atoms with Gasteiger partial charge < -0.3 is 10.1 Å². The molecule has 0 amide bonds. The SMILES string of the molecule is CCCNC1CCOCC1CN(CC(C)C)C1CC1. The van der Waals surface area contributed by atoms with E-state index in [4.69, 9.17) is 4.74 Å². The van der Waals surface area contributed by atoms with Gasteiger partial charge in [0.15, 0.2) is 0 Å². The zero-order valence-corrected chi connectivity index (χ0v) is 13.0. The van der Waals surface area contributed by atoms with Gasteiger partial charge in [-0.1, -0.05) is 20.8 Å². The van der Waals surface area contributed by atoms with Crippen LogP contribution in [-0.2, 0) is 4.74 Å². The van der Waals surface area contributed by atoms with Crippen molar-refractivity contribution in [1.29, 1.82) is 0 Å². The van der Waals surface area contributed by atoms with Gasteiger partial charge in [-0.05, 0) is 38.1 Å². The highest BCUT2D eigenvalue weighted by molar-refractivity contribution is 4.89. The van der Waals surface area contributed by atoms with Crippen LogP contribution in [0.15, 0.2) is 0 Å². The van der Waals surface area contributed by atoms with Crippen molar-refractivity contribution >= 4 is 0 Å². The molecular formula is C16H32N2O. The summed E-state index contributed by atoms with van der Waals surface area (Å²) < 4.78 is 5.73. The van der Waals surface area contributed by atoms with Gasteiger partial charge in [0.1, 0.15) is 0 Å². The quantitative estimate of drug-likeness (QED) is 0.732. The third kappa shape index (κ3) is 5.05. The average Bonchev–Trinajstić information content (AvgIpc) is 3.20. The van der Waals surface area contributed by atoms with E-state index in [0.717, 1.165) is 31.7 Å². The highest BCUT2D eigenvalue weighted by atomic mass is 16.5. The second-order valence-corrected chi connectivity index (χ2v) is 6.76. The first-order valence-electron chi connectivity index (χ1n) is 8.25. The normalized spacial score (nSPS) is 28.3. The number of nitrogens with one attached hydrogen (secondary N) is 1. The van der Waals surface area contributed by atoms with Crippen molar-refractivity contribution in [3.8, 4) is 0 Å². The molecule has 112 valence electrons. The minimum atomic E-state index is 0.669. The van der Waals surface area contributed by atoms with Crippen LogP contribution in [0.1, 0.15) is 46.5 Å². The van der Waals surface area contributed by atoms with Crippen LogP contribution in [-0.4, -0.2) is 49.8 Å². The zero-order chi connectivity index (χ0) is 13.7. The Morgan fingerprint density at radius 3 is 2.68 bits per heavy atom. The fourth-order valence-corrected chi connectivity index (χ4v) is 3.16. The molecule has 19 heavy (non-hydrogen) atoms. The lowest BCUT2D eigenvalue weighted by Crippen LogP contribution is -2.49. The van der Waals surface area contributed by atoms with E-state index in [-0.39, 0.29) is 0 Å². The maximum atomic E-state index is 5.73. The molecule has 0 aromatic rings. The third-order valence-corrected chi connectivity index (χ3v) is 4.26. The summed E-state index contributed by atoms with van der Waals surface area (Å²) in [5.41, 5.74) is 0. The van der Waals surface area contributed by atoms with E-state index in [9.17, 15) is 0 Å². The smallest absolute Gasteiger partial charge is 0.0521 e. The number of rotatable bonds is 8. The summed E-state index contributed by atoms with van der Waals surface area (Å²) in [7, 11) is 0. The second-order valence-electron chi connectivity index (χ2n) is 6.76. The number of ether oxygens (including phenoxy) is 1. The monoisotopic (exact) mass is 268 g/mol. The Morgan fingerprint density at radius 2 is 2.05 bits per heavy atom. The van der Waals surface area contributed by atoms with Crippen molar-refractivity contribution in [2.45, 2.75) is 58.5 Å². The first kappa shape index (κ1) is 15.3. The van der Waals surface area contributed by atoms with Gasteiger partial charge in [-0.15, -0.1) is 0 Å². The summed E-state index contributed by atoms with van der Waals surface area (Å²) in [5, 5.41) is 3.73. The van der Waals surface area contributed by atoms with Crippen LogP contribution in [0, 0.1) is 11.8 Å². The molecule has 0 aromatic carbocycles. The minimum absolute atomic E-state index is 0.669. The largest absolute Gasteiger partial charge is 0.381 e. The average molecular weight is 268 g/mol. The van der Waals surface area contributed by atoms with Gasteiger partial charge in [-0.2, -0.15) is 0 Å². The van der Waals surface area contributed by atoms with Crippen molar-refractivity contribution in [1.82, 2.24) is 10.2 Å². The van der Waals surface area contributed by atoms with E-state index < -0.39 is 0 Å². The maximum Gasteiger partial charge on any atom is 0.0521 e. The topological polar surface area (TPSA) is 24.5 Å². The molecule has 2 unspecified atom stereocenters. The summed E-state index contributed by atoms with van der Waals surface area (Å²) in [6, 6.07) is 1.54. The van der Waals surface area contributed by atoms with Gasteiger partial charge >= 0.3 is 0 Å². The molecule has 1 aliphatic carbocycles. The van der Waals surface area contributed by atoms with Crippen LogP contribution < -0.4 is 5.32 Å². The minimum Gasteiger partial charge on any atom is -0.381 e. The summed E-state index contributed by atoms with van der Waals surface area (Å²) in [5.74, 6) is 1.45. The number of nitrogens with zero attached hydrogens (tertiary/aromatic N) is 1. The van der Waals surface area contributed by atoms with Gasteiger partial charge in [0.2, 0.25) is 0 Å². The molecule has 0 aromatic heterocycles. The summed E-state index contributed by atoms with van der Waals surface area (Å²) >= 11 is 0. The van der Waals surface area contributed by atoms with E-state index in [1.165, 1.54) is 38.8 Å². The molecule has 2 aliphatic rings. The molecule has 2 rings (SSSR count). The van der Waals surface area contributed by atoms with Crippen molar-refractivity contribution < 1.29 is 4.74 Å². The Hall–Kier alpha value is -0.120. The van der Waals surface area contributed by atoms with E-state index >= 15 is 0 Å². The zero-order valence-electron chi connectivity index (χ0n) is 13.0.